The summed E-state index contributed by atoms with van der Waals surface area (Å²) in [6.07, 6.45) is 0. The molecule has 0 saturated heterocycles. The van der Waals surface area contributed by atoms with Gasteiger partial charge in [-0.15, -0.1) is 12.4 Å². The van der Waals surface area contributed by atoms with Crippen LogP contribution in [0.1, 0.15) is 27.3 Å². The molecule has 2 N–H and O–H groups in total. The van der Waals surface area contributed by atoms with Crippen LogP contribution in [0.3, 0.4) is 0 Å². The Kier molecular flexibility index (Phi) is 5.62. The zero-order valence-electron chi connectivity index (χ0n) is 13.1. The van der Waals surface area contributed by atoms with Crippen molar-refractivity contribution in [1.29, 1.82) is 0 Å². The number of carbonyl (C=O) groups excluding carboxylic acids is 1. The van der Waals surface area contributed by atoms with E-state index in [0.29, 0.717) is 6.54 Å². The summed E-state index contributed by atoms with van der Waals surface area (Å²) >= 11 is 1.19. The Labute approximate surface area is 145 Å². The van der Waals surface area contributed by atoms with Gasteiger partial charge < -0.3 is 10.6 Å². The summed E-state index contributed by atoms with van der Waals surface area (Å²) < 4.78 is 1.53. The molecule has 1 aliphatic rings. The van der Waals surface area contributed by atoms with E-state index >= 15 is 0 Å². The molecule has 0 atom stereocenters. The summed E-state index contributed by atoms with van der Waals surface area (Å²) in [4.78, 5) is 24.7. The number of rotatable bonds is 4. The summed E-state index contributed by atoms with van der Waals surface area (Å²) in [6, 6.07) is 6.27. The number of benzene rings is 1. The molecule has 0 aliphatic carbocycles. The van der Waals surface area contributed by atoms with Crippen molar-refractivity contribution in [2.75, 3.05) is 0 Å². The van der Waals surface area contributed by atoms with Gasteiger partial charge >= 0.3 is 4.87 Å². The molecule has 1 aromatic heterocycles. The van der Waals surface area contributed by atoms with Crippen LogP contribution in [0, 0.1) is 13.8 Å². The molecule has 0 saturated carbocycles. The van der Waals surface area contributed by atoms with Crippen LogP contribution in [-0.2, 0) is 31.0 Å². The number of amides is 1. The van der Waals surface area contributed by atoms with E-state index in [0.717, 1.165) is 29.2 Å². The molecular weight excluding hydrogens is 334 g/mol. The molecular formula is C16H20ClN3O2S. The van der Waals surface area contributed by atoms with Gasteiger partial charge in [0.05, 0.1) is 0 Å². The van der Waals surface area contributed by atoms with E-state index in [1.165, 1.54) is 27.0 Å². The first kappa shape index (κ1) is 17.7. The minimum atomic E-state index is -0.137. The van der Waals surface area contributed by atoms with Crippen LogP contribution in [0.15, 0.2) is 23.0 Å². The molecule has 7 heteroatoms. The first-order valence-electron chi connectivity index (χ1n) is 7.29. The van der Waals surface area contributed by atoms with Crippen molar-refractivity contribution in [1.82, 2.24) is 15.2 Å². The van der Waals surface area contributed by atoms with Crippen LogP contribution >= 0.6 is 23.7 Å². The van der Waals surface area contributed by atoms with E-state index in [-0.39, 0.29) is 29.7 Å². The summed E-state index contributed by atoms with van der Waals surface area (Å²) in [6.45, 7) is 6.15. The van der Waals surface area contributed by atoms with Crippen molar-refractivity contribution in [3.05, 3.63) is 55.1 Å². The molecule has 0 bridgehead atoms. The van der Waals surface area contributed by atoms with Gasteiger partial charge in [-0.3, -0.25) is 14.2 Å². The van der Waals surface area contributed by atoms with E-state index in [1.807, 2.05) is 19.9 Å². The average molecular weight is 354 g/mol. The van der Waals surface area contributed by atoms with Gasteiger partial charge in [0.1, 0.15) is 6.54 Å². The maximum Gasteiger partial charge on any atom is 0.308 e. The average Bonchev–Trinajstić information content (AvgIpc) is 3.05. The first-order chi connectivity index (χ1) is 10.5. The van der Waals surface area contributed by atoms with Gasteiger partial charge in [0.15, 0.2) is 0 Å². The number of aromatic nitrogens is 1. The van der Waals surface area contributed by atoms with E-state index in [4.69, 9.17) is 0 Å². The number of carbonyl (C=O) groups is 1. The van der Waals surface area contributed by atoms with Gasteiger partial charge in [-0.05, 0) is 30.5 Å². The smallest absolute Gasteiger partial charge is 0.308 e. The third kappa shape index (κ3) is 3.83. The number of thiazole rings is 1. The summed E-state index contributed by atoms with van der Waals surface area (Å²) in [5.74, 6) is -0.137. The number of hydrogen-bond acceptors (Lipinski definition) is 4. The van der Waals surface area contributed by atoms with Crippen molar-refractivity contribution in [2.45, 2.75) is 40.0 Å². The molecule has 124 valence electrons. The molecule has 2 aromatic rings. The molecule has 2 heterocycles. The molecule has 3 rings (SSSR count). The van der Waals surface area contributed by atoms with E-state index < -0.39 is 0 Å². The maximum atomic E-state index is 12.1. The molecule has 0 radical (unpaired) electrons. The quantitative estimate of drug-likeness (QED) is 0.882. The van der Waals surface area contributed by atoms with Crippen molar-refractivity contribution in [2.24, 2.45) is 0 Å². The number of nitrogens with one attached hydrogen (secondary N) is 2. The Bertz CT molecular complexity index is 782. The normalized spacial score (nSPS) is 12.6. The van der Waals surface area contributed by atoms with Crippen molar-refractivity contribution in [3.8, 4) is 0 Å². The second-order valence-corrected chi connectivity index (χ2v) is 6.74. The molecule has 0 unspecified atom stereocenters. The molecule has 1 aromatic carbocycles. The van der Waals surface area contributed by atoms with Crippen LogP contribution in [0.4, 0.5) is 0 Å². The highest BCUT2D eigenvalue weighted by molar-refractivity contribution is 7.09. The second kappa shape index (κ2) is 7.29. The van der Waals surface area contributed by atoms with Gasteiger partial charge in [-0.2, -0.15) is 0 Å². The predicted molar refractivity (Wildman–Crippen MR) is 94.1 cm³/mol. The van der Waals surface area contributed by atoms with Gasteiger partial charge in [-0.1, -0.05) is 29.5 Å². The molecule has 1 amide bonds. The minimum Gasteiger partial charge on any atom is -0.350 e. The van der Waals surface area contributed by atoms with Crippen LogP contribution in [0.2, 0.25) is 0 Å². The number of aryl methyl sites for hydroxylation is 1. The highest BCUT2D eigenvalue weighted by Gasteiger charge is 2.12. The molecule has 5 nitrogen and oxygen atoms in total. The highest BCUT2D eigenvalue weighted by atomic mass is 35.5. The van der Waals surface area contributed by atoms with Gasteiger partial charge in [0, 0.05) is 30.2 Å². The van der Waals surface area contributed by atoms with Crippen molar-refractivity contribution >= 4 is 29.7 Å². The Morgan fingerprint density at radius 3 is 2.74 bits per heavy atom. The van der Waals surface area contributed by atoms with Crippen molar-refractivity contribution in [3.63, 3.8) is 0 Å². The van der Waals surface area contributed by atoms with E-state index in [1.54, 1.807) is 0 Å². The minimum absolute atomic E-state index is 0. The molecule has 0 spiro atoms. The second-order valence-electron chi connectivity index (χ2n) is 5.58. The fourth-order valence-corrected chi connectivity index (χ4v) is 3.46. The van der Waals surface area contributed by atoms with E-state index in [9.17, 15) is 9.59 Å². The maximum absolute atomic E-state index is 12.1. The number of fused-ring (bicyclic) bond motifs is 1. The largest absolute Gasteiger partial charge is 0.350 e. The summed E-state index contributed by atoms with van der Waals surface area (Å²) in [5, 5.41) is 6.19. The predicted octanol–water partition coefficient (Wildman–Crippen LogP) is 1.87. The fraction of sp³-hybridized carbons (Fsp3) is 0.375. The highest BCUT2D eigenvalue weighted by Crippen LogP contribution is 2.17. The Morgan fingerprint density at radius 1 is 1.30 bits per heavy atom. The fourth-order valence-electron chi connectivity index (χ4n) is 2.63. The Morgan fingerprint density at radius 2 is 2.04 bits per heavy atom. The lowest BCUT2D eigenvalue weighted by Crippen LogP contribution is -2.30. The van der Waals surface area contributed by atoms with Gasteiger partial charge in [-0.25, -0.2) is 0 Å². The zero-order valence-corrected chi connectivity index (χ0v) is 14.8. The van der Waals surface area contributed by atoms with Crippen LogP contribution in [0.25, 0.3) is 0 Å². The van der Waals surface area contributed by atoms with E-state index in [2.05, 4.69) is 22.8 Å². The zero-order chi connectivity index (χ0) is 15.7. The van der Waals surface area contributed by atoms with Crippen LogP contribution < -0.4 is 15.5 Å². The lowest BCUT2D eigenvalue weighted by molar-refractivity contribution is -0.121. The Balaban J connectivity index is 0.00000192. The first-order valence-corrected chi connectivity index (χ1v) is 8.11. The van der Waals surface area contributed by atoms with Crippen LogP contribution in [-0.4, -0.2) is 10.5 Å². The Hall–Kier alpha value is -1.63. The van der Waals surface area contributed by atoms with Crippen LogP contribution in [0.5, 0.6) is 0 Å². The molecule has 23 heavy (non-hydrogen) atoms. The molecule has 1 aliphatic heterocycles. The lowest BCUT2D eigenvalue weighted by atomic mass is 10.1. The topological polar surface area (TPSA) is 63.1 Å². The standard InChI is InChI=1S/C16H19N3O2S.ClH/c1-10-11(2)22-16(21)19(10)9-15(20)18-6-12-3-4-13-7-17-8-14(13)5-12;/h3-5,17H,6-9H2,1-2H3,(H,18,20);1H. The monoisotopic (exact) mass is 353 g/mol. The SMILES string of the molecule is Cc1sc(=O)n(CC(=O)NCc2ccc3c(c2)CNC3)c1C.Cl. The third-order valence-electron chi connectivity index (χ3n) is 4.07. The molecule has 0 fully saturated rings. The van der Waals surface area contributed by atoms with Gasteiger partial charge in [0.25, 0.3) is 0 Å². The summed E-state index contributed by atoms with van der Waals surface area (Å²) in [5.41, 5.74) is 4.58. The number of halogens is 1. The number of nitrogens with zero attached hydrogens (tertiary/aromatic N) is 1. The number of hydrogen-bond donors (Lipinski definition) is 2. The summed E-state index contributed by atoms with van der Waals surface area (Å²) in [7, 11) is 0. The lowest BCUT2D eigenvalue weighted by Gasteiger charge is -2.08. The third-order valence-corrected chi connectivity index (χ3v) is 5.06. The van der Waals surface area contributed by atoms with Crippen molar-refractivity contribution < 1.29 is 4.79 Å². The van der Waals surface area contributed by atoms with Gasteiger partial charge in [0.2, 0.25) is 5.91 Å².